The first kappa shape index (κ1) is 13.3. The minimum absolute atomic E-state index is 0.0379. The number of hydrogen-bond donors (Lipinski definition) is 2. The second kappa shape index (κ2) is 6.17. The molecule has 2 aromatic rings. The van der Waals surface area contributed by atoms with E-state index in [1.165, 1.54) is 0 Å². The molecule has 3 heterocycles. The molecule has 2 N–H and O–H groups in total. The average Bonchev–Trinajstić information content (AvgIpc) is 3.15. The third-order valence-corrected chi connectivity index (χ3v) is 3.52. The summed E-state index contributed by atoms with van der Waals surface area (Å²) in [6.07, 6.45) is 4.62. The summed E-state index contributed by atoms with van der Waals surface area (Å²) in [5.74, 6) is 1.42. The number of aromatic nitrogens is 1. The minimum atomic E-state index is -0.0646. The molecule has 2 aromatic heterocycles. The topological polar surface area (TPSA) is 67.5 Å². The summed E-state index contributed by atoms with van der Waals surface area (Å²) < 4.78 is 11.3. The number of nitrogens with one attached hydrogen (secondary N) is 1. The van der Waals surface area contributed by atoms with Crippen molar-refractivity contribution in [2.75, 3.05) is 6.61 Å². The van der Waals surface area contributed by atoms with Crippen LogP contribution in [-0.2, 0) is 17.9 Å². The molecule has 1 aliphatic rings. The van der Waals surface area contributed by atoms with Crippen LogP contribution in [0, 0.1) is 0 Å². The van der Waals surface area contributed by atoms with Gasteiger partial charge in [0.05, 0.1) is 12.6 Å². The van der Waals surface area contributed by atoms with Crippen molar-refractivity contribution in [2.45, 2.75) is 31.7 Å². The molecular weight excluding hydrogens is 256 g/mol. The van der Waals surface area contributed by atoms with Crippen LogP contribution in [-0.4, -0.2) is 22.7 Å². The van der Waals surface area contributed by atoms with E-state index < -0.39 is 0 Å². The zero-order valence-corrected chi connectivity index (χ0v) is 11.2. The fraction of sp³-hybridized carbons (Fsp3) is 0.400. The first-order valence-electron chi connectivity index (χ1n) is 6.80. The molecule has 0 saturated carbocycles. The zero-order chi connectivity index (χ0) is 13.8. The highest BCUT2D eigenvalue weighted by molar-refractivity contribution is 5.16. The van der Waals surface area contributed by atoms with Crippen molar-refractivity contribution in [1.29, 1.82) is 0 Å². The van der Waals surface area contributed by atoms with E-state index in [1.54, 1.807) is 12.3 Å². The Hall–Kier alpha value is -1.69. The molecule has 5 nitrogen and oxygen atoms in total. The van der Waals surface area contributed by atoms with Gasteiger partial charge in [0.15, 0.2) is 0 Å². The smallest absolute Gasteiger partial charge is 0.129 e. The summed E-state index contributed by atoms with van der Waals surface area (Å²) in [5, 5.41) is 12.4. The number of hydrogen-bond acceptors (Lipinski definition) is 5. The molecule has 0 bridgehead atoms. The van der Waals surface area contributed by atoms with Crippen molar-refractivity contribution in [1.82, 2.24) is 10.3 Å². The Labute approximate surface area is 117 Å². The minimum Gasteiger partial charge on any atom is -0.462 e. The van der Waals surface area contributed by atoms with Crippen molar-refractivity contribution in [3.63, 3.8) is 0 Å². The van der Waals surface area contributed by atoms with Crippen molar-refractivity contribution in [2.24, 2.45) is 0 Å². The molecule has 1 fully saturated rings. The Kier molecular flexibility index (Phi) is 4.11. The first-order valence-corrected chi connectivity index (χ1v) is 6.80. The van der Waals surface area contributed by atoms with Gasteiger partial charge >= 0.3 is 0 Å². The van der Waals surface area contributed by atoms with E-state index in [-0.39, 0.29) is 18.8 Å². The van der Waals surface area contributed by atoms with Gasteiger partial charge in [0.2, 0.25) is 0 Å². The van der Waals surface area contributed by atoms with Gasteiger partial charge in [0.25, 0.3) is 0 Å². The molecule has 0 amide bonds. The lowest BCUT2D eigenvalue weighted by molar-refractivity contribution is 0.0977. The number of aliphatic hydroxyl groups is 1. The number of pyridine rings is 1. The Balaban J connectivity index is 1.61. The Morgan fingerprint density at radius 2 is 2.20 bits per heavy atom. The lowest BCUT2D eigenvalue weighted by Crippen LogP contribution is -2.31. The summed E-state index contributed by atoms with van der Waals surface area (Å²) in [5.41, 5.74) is 1.10. The average molecular weight is 274 g/mol. The highest BCUT2D eigenvalue weighted by Gasteiger charge is 2.29. The summed E-state index contributed by atoms with van der Waals surface area (Å²) >= 11 is 0. The van der Waals surface area contributed by atoms with Gasteiger partial charge in [-0.15, -0.1) is 0 Å². The maximum absolute atomic E-state index is 8.98. The second-order valence-corrected chi connectivity index (χ2v) is 4.88. The molecule has 1 saturated heterocycles. The molecule has 0 radical (unpaired) electrons. The molecule has 20 heavy (non-hydrogen) atoms. The van der Waals surface area contributed by atoms with E-state index in [4.69, 9.17) is 14.3 Å². The van der Waals surface area contributed by atoms with Crippen LogP contribution in [0.5, 0.6) is 0 Å². The van der Waals surface area contributed by atoms with Crippen LogP contribution >= 0.6 is 0 Å². The van der Waals surface area contributed by atoms with Crippen LogP contribution in [0.15, 0.2) is 41.1 Å². The van der Waals surface area contributed by atoms with Gasteiger partial charge in [-0.05, 0) is 24.6 Å². The van der Waals surface area contributed by atoms with Crippen LogP contribution in [0.2, 0.25) is 0 Å². The lowest BCUT2D eigenvalue weighted by Gasteiger charge is -2.19. The summed E-state index contributed by atoms with van der Waals surface area (Å²) in [6, 6.07) is 7.89. The molecule has 1 aliphatic heterocycles. The zero-order valence-electron chi connectivity index (χ0n) is 11.2. The molecule has 3 rings (SSSR count). The van der Waals surface area contributed by atoms with Crippen LogP contribution in [0.25, 0.3) is 0 Å². The molecule has 0 aliphatic carbocycles. The summed E-state index contributed by atoms with van der Waals surface area (Å²) in [6.45, 7) is 1.31. The molecule has 5 heteroatoms. The van der Waals surface area contributed by atoms with Gasteiger partial charge in [-0.2, -0.15) is 0 Å². The van der Waals surface area contributed by atoms with Crippen LogP contribution < -0.4 is 5.32 Å². The third kappa shape index (κ3) is 2.90. The van der Waals surface area contributed by atoms with Gasteiger partial charge in [0, 0.05) is 30.6 Å². The van der Waals surface area contributed by atoms with Gasteiger partial charge in [-0.3, -0.25) is 4.98 Å². The maximum atomic E-state index is 8.98. The number of rotatable bonds is 5. The van der Waals surface area contributed by atoms with E-state index in [2.05, 4.69) is 10.3 Å². The fourth-order valence-electron chi connectivity index (χ4n) is 2.51. The predicted molar refractivity (Wildman–Crippen MR) is 72.8 cm³/mol. The quantitative estimate of drug-likeness (QED) is 0.870. The van der Waals surface area contributed by atoms with E-state index in [1.807, 2.05) is 24.4 Å². The number of furan rings is 1. The number of aliphatic hydroxyl groups excluding tert-OH is 1. The second-order valence-electron chi connectivity index (χ2n) is 4.88. The molecule has 0 aromatic carbocycles. The van der Waals surface area contributed by atoms with Crippen LogP contribution in [0.4, 0.5) is 0 Å². The standard InChI is InChI=1S/C15H18N2O3/c18-10-13-4-3-12(20-13)9-17-14-5-7-19-15(14)11-2-1-6-16-8-11/h1-4,6,8,14-15,17-18H,5,7,9-10H2/t14-,15+/m0/s1. The monoisotopic (exact) mass is 274 g/mol. The predicted octanol–water partition coefficient (Wildman–Crippen LogP) is 1.79. The van der Waals surface area contributed by atoms with E-state index in [9.17, 15) is 0 Å². The highest BCUT2D eigenvalue weighted by atomic mass is 16.5. The molecule has 2 atom stereocenters. The molecule has 0 spiro atoms. The summed E-state index contributed by atoms with van der Waals surface area (Å²) in [4.78, 5) is 4.14. The highest BCUT2D eigenvalue weighted by Crippen LogP contribution is 2.28. The SMILES string of the molecule is OCc1ccc(CN[C@H]2CCO[C@@H]2c2cccnc2)o1. The Morgan fingerprint density at radius 1 is 1.30 bits per heavy atom. The van der Waals surface area contributed by atoms with E-state index in [0.29, 0.717) is 12.3 Å². The summed E-state index contributed by atoms with van der Waals surface area (Å²) in [7, 11) is 0. The Bertz CT molecular complexity index is 541. The van der Waals surface area contributed by atoms with Gasteiger partial charge in [-0.1, -0.05) is 6.07 Å². The molecular formula is C15H18N2O3. The van der Waals surface area contributed by atoms with Gasteiger partial charge in [-0.25, -0.2) is 0 Å². The number of nitrogens with zero attached hydrogens (tertiary/aromatic N) is 1. The van der Waals surface area contributed by atoms with Crippen molar-refractivity contribution >= 4 is 0 Å². The molecule has 0 unspecified atom stereocenters. The van der Waals surface area contributed by atoms with Crippen molar-refractivity contribution in [3.05, 3.63) is 53.7 Å². The molecule has 106 valence electrons. The Morgan fingerprint density at radius 3 is 2.95 bits per heavy atom. The van der Waals surface area contributed by atoms with E-state index >= 15 is 0 Å². The van der Waals surface area contributed by atoms with Gasteiger partial charge in [0.1, 0.15) is 18.1 Å². The fourth-order valence-corrected chi connectivity index (χ4v) is 2.51. The maximum Gasteiger partial charge on any atom is 0.129 e. The van der Waals surface area contributed by atoms with Crippen LogP contribution in [0.1, 0.15) is 29.6 Å². The third-order valence-electron chi connectivity index (χ3n) is 3.52. The number of ether oxygens (including phenoxy) is 1. The van der Waals surface area contributed by atoms with E-state index in [0.717, 1.165) is 24.4 Å². The van der Waals surface area contributed by atoms with Crippen LogP contribution in [0.3, 0.4) is 0 Å². The normalized spacial score (nSPS) is 22.2. The van der Waals surface area contributed by atoms with Crippen molar-refractivity contribution < 1.29 is 14.3 Å². The van der Waals surface area contributed by atoms with Crippen molar-refractivity contribution in [3.8, 4) is 0 Å². The first-order chi connectivity index (χ1) is 9.86. The van der Waals surface area contributed by atoms with Gasteiger partial charge < -0.3 is 19.6 Å². The largest absolute Gasteiger partial charge is 0.462 e. The lowest BCUT2D eigenvalue weighted by atomic mass is 10.0.